The summed E-state index contributed by atoms with van der Waals surface area (Å²) >= 11 is 3.29. The van der Waals surface area contributed by atoms with Gasteiger partial charge in [0.2, 0.25) is 17.2 Å². The fourth-order valence-electron chi connectivity index (χ4n) is 2.62. The van der Waals surface area contributed by atoms with Crippen molar-refractivity contribution in [3.05, 3.63) is 74.6 Å². The maximum atomic E-state index is 12.4. The number of carboxylic acids is 1. The van der Waals surface area contributed by atoms with Crippen molar-refractivity contribution in [2.45, 2.75) is 12.8 Å². The Morgan fingerprint density at radius 1 is 1.10 bits per heavy atom. The summed E-state index contributed by atoms with van der Waals surface area (Å²) in [6.07, 6.45) is 2.13. The number of hydrogen-bond donors (Lipinski definition) is 3. The van der Waals surface area contributed by atoms with E-state index in [9.17, 15) is 19.2 Å². The summed E-state index contributed by atoms with van der Waals surface area (Å²) < 4.78 is 6.11. The van der Waals surface area contributed by atoms with Gasteiger partial charge in [-0.1, -0.05) is 22.0 Å². The molecule has 0 aliphatic heterocycles. The van der Waals surface area contributed by atoms with Gasteiger partial charge in [-0.05, 0) is 36.4 Å². The molecule has 158 valence electrons. The number of halogens is 1. The molecular weight excluding hydrogens is 470 g/mol. The van der Waals surface area contributed by atoms with E-state index >= 15 is 0 Å². The standard InChI is InChI=1S/C21H16BrN3O6/c22-14-4-5-17-16(9-14)20(28)13(11-31-17)10-23-25-19(27)7-6-18(26)24-15-3-1-2-12(8-15)21(29)30/h1-5,8-11H,6-7H2,(H,24,26)(H,25,27)(H,29,30)/b23-10+. The van der Waals surface area contributed by atoms with Crippen LogP contribution in [0, 0.1) is 0 Å². The van der Waals surface area contributed by atoms with Crippen LogP contribution in [0.25, 0.3) is 11.0 Å². The summed E-state index contributed by atoms with van der Waals surface area (Å²) in [6, 6.07) is 10.8. The van der Waals surface area contributed by atoms with Crippen LogP contribution in [0.4, 0.5) is 5.69 Å². The molecule has 0 fully saturated rings. The van der Waals surface area contributed by atoms with E-state index < -0.39 is 17.8 Å². The zero-order valence-corrected chi connectivity index (χ0v) is 17.5. The zero-order chi connectivity index (χ0) is 22.4. The van der Waals surface area contributed by atoms with Gasteiger partial charge in [-0.25, -0.2) is 10.2 Å². The minimum Gasteiger partial charge on any atom is -0.478 e. The van der Waals surface area contributed by atoms with Crippen molar-refractivity contribution >= 4 is 56.6 Å². The number of hydrogen-bond acceptors (Lipinski definition) is 6. The lowest BCUT2D eigenvalue weighted by Gasteiger charge is -2.05. The summed E-state index contributed by atoms with van der Waals surface area (Å²) in [5, 5.41) is 15.6. The van der Waals surface area contributed by atoms with Crippen LogP contribution in [0.2, 0.25) is 0 Å². The fourth-order valence-corrected chi connectivity index (χ4v) is 2.98. The Morgan fingerprint density at radius 2 is 1.87 bits per heavy atom. The molecule has 0 saturated carbocycles. The lowest BCUT2D eigenvalue weighted by Crippen LogP contribution is -2.21. The monoisotopic (exact) mass is 485 g/mol. The second-order valence-electron chi connectivity index (χ2n) is 6.39. The number of carbonyl (C=O) groups excluding carboxylic acids is 2. The molecule has 0 bridgehead atoms. The van der Waals surface area contributed by atoms with Crippen LogP contribution in [0.5, 0.6) is 0 Å². The predicted octanol–water partition coefficient (Wildman–Crippen LogP) is 3.12. The molecule has 0 radical (unpaired) electrons. The Labute approximate surface area is 183 Å². The lowest BCUT2D eigenvalue weighted by atomic mass is 10.2. The second-order valence-corrected chi connectivity index (χ2v) is 7.30. The van der Waals surface area contributed by atoms with E-state index in [4.69, 9.17) is 9.52 Å². The highest BCUT2D eigenvalue weighted by Crippen LogP contribution is 2.17. The van der Waals surface area contributed by atoms with Crippen LogP contribution in [0.1, 0.15) is 28.8 Å². The molecule has 2 amide bonds. The number of carbonyl (C=O) groups is 3. The summed E-state index contributed by atoms with van der Waals surface area (Å²) in [4.78, 5) is 47.2. The third kappa shape index (κ3) is 5.86. The van der Waals surface area contributed by atoms with E-state index in [1.165, 1.54) is 30.7 Å². The van der Waals surface area contributed by atoms with Gasteiger partial charge < -0.3 is 14.8 Å². The summed E-state index contributed by atoms with van der Waals surface area (Å²) in [7, 11) is 0. The van der Waals surface area contributed by atoms with Crippen molar-refractivity contribution < 1.29 is 23.9 Å². The molecule has 0 aliphatic rings. The number of benzene rings is 2. The van der Waals surface area contributed by atoms with Crippen molar-refractivity contribution in [1.82, 2.24) is 5.43 Å². The lowest BCUT2D eigenvalue weighted by molar-refractivity contribution is -0.124. The molecule has 1 aromatic heterocycles. The molecule has 31 heavy (non-hydrogen) atoms. The minimum atomic E-state index is -1.11. The highest BCUT2D eigenvalue weighted by atomic mass is 79.9. The number of aromatic carboxylic acids is 1. The van der Waals surface area contributed by atoms with Crippen LogP contribution in [-0.2, 0) is 9.59 Å². The van der Waals surface area contributed by atoms with Gasteiger partial charge in [-0.2, -0.15) is 5.10 Å². The molecule has 3 N–H and O–H groups in total. The number of anilines is 1. The van der Waals surface area contributed by atoms with Gasteiger partial charge in [0.05, 0.1) is 22.7 Å². The Morgan fingerprint density at radius 3 is 2.65 bits per heavy atom. The third-order valence-electron chi connectivity index (χ3n) is 4.13. The predicted molar refractivity (Wildman–Crippen MR) is 117 cm³/mol. The van der Waals surface area contributed by atoms with Crippen LogP contribution < -0.4 is 16.2 Å². The van der Waals surface area contributed by atoms with E-state index in [1.54, 1.807) is 24.3 Å². The van der Waals surface area contributed by atoms with E-state index in [0.29, 0.717) is 16.7 Å². The van der Waals surface area contributed by atoms with Gasteiger partial charge in [-0.3, -0.25) is 14.4 Å². The summed E-state index contributed by atoms with van der Waals surface area (Å²) in [5.74, 6) is -2.09. The molecular formula is C21H16BrN3O6. The number of rotatable bonds is 7. The molecule has 0 saturated heterocycles. The minimum absolute atomic E-state index is 0.0374. The molecule has 9 nitrogen and oxygen atoms in total. The molecule has 1 heterocycles. The summed E-state index contributed by atoms with van der Waals surface area (Å²) in [5.41, 5.74) is 2.88. The highest BCUT2D eigenvalue weighted by molar-refractivity contribution is 9.10. The Bertz CT molecular complexity index is 1250. The van der Waals surface area contributed by atoms with Gasteiger partial charge in [0.15, 0.2) is 0 Å². The molecule has 2 aromatic carbocycles. The SMILES string of the molecule is O=C(CCC(=O)Nc1cccc(C(=O)O)c1)N/N=C/c1coc2ccc(Br)cc2c1=O. The van der Waals surface area contributed by atoms with E-state index in [0.717, 1.165) is 4.47 Å². The van der Waals surface area contributed by atoms with Crippen molar-refractivity contribution in [2.75, 3.05) is 5.32 Å². The van der Waals surface area contributed by atoms with Crippen LogP contribution >= 0.6 is 15.9 Å². The van der Waals surface area contributed by atoms with Crippen LogP contribution in [-0.4, -0.2) is 29.1 Å². The molecule has 0 atom stereocenters. The first kappa shape index (κ1) is 21.9. The zero-order valence-electron chi connectivity index (χ0n) is 15.9. The molecule has 10 heteroatoms. The Kier molecular flexibility index (Phi) is 6.93. The highest BCUT2D eigenvalue weighted by Gasteiger charge is 2.09. The maximum Gasteiger partial charge on any atom is 0.335 e. The molecule has 3 aromatic rings. The summed E-state index contributed by atoms with van der Waals surface area (Å²) in [6.45, 7) is 0. The van der Waals surface area contributed by atoms with Crippen molar-refractivity contribution in [3.8, 4) is 0 Å². The molecule has 3 rings (SSSR count). The molecule has 0 aliphatic carbocycles. The Balaban J connectivity index is 1.53. The van der Waals surface area contributed by atoms with E-state index in [2.05, 4.69) is 31.8 Å². The molecule has 0 spiro atoms. The third-order valence-corrected chi connectivity index (χ3v) is 4.62. The first-order valence-electron chi connectivity index (χ1n) is 8.99. The number of hydrazone groups is 1. The van der Waals surface area contributed by atoms with E-state index in [-0.39, 0.29) is 29.4 Å². The number of fused-ring (bicyclic) bond motifs is 1. The van der Waals surface area contributed by atoms with Gasteiger partial charge >= 0.3 is 5.97 Å². The van der Waals surface area contributed by atoms with Gasteiger partial charge in [0.1, 0.15) is 11.8 Å². The number of carboxylic acid groups (broad SMARTS) is 1. The smallest absolute Gasteiger partial charge is 0.335 e. The van der Waals surface area contributed by atoms with Crippen molar-refractivity contribution in [2.24, 2.45) is 5.10 Å². The number of nitrogens with zero attached hydrogens (tertiary/aromatic N) is 1. The van der Waals surface area contributed by atoms with E-state index in [1.807, 2.05) is 0 Å². The fraction of sp³-hybridized carbons (Fsp3) is 0.0952. The second kappa shape index (κ2) is 9.81. The quantitative estimate of drug-likeness (QED) is 0.347. The number of nitrogens with one attached hydrogen (secondary N) is 2. The molecule has 0 unspecified atom stereocenters. The topological polar surface area (TPSA) is 138 Å². The largest absolute Gasteiger partial charge is 0.478 e. The van der Waals surface area contributed by atoms with Crippen LogP contribution in [0.3, 0.4) is 0 Å². The van der Waals surface area contributed by atoms with Gasteiger partial charge in [0.25, 0.3) is 0 Å². The van der Waals surface area contributed by atoms with Gasteiger partial charge in [0, 0.05) is 23.0 Å². The van der Waals surface area contributed by atoms with Crippen molar-refractivity contribution in [3.63, 3.8) is 0 Å². The number of amides is 2. The van der Waals surface area contributed by atoms with Gasteiger partial charge in [-0.15, -0.1) is 0 Å². The normalized spacial score (nSPS) is 10.9. The van der Waals surface area contributed by atoms with Crippen LogP contribution in [0.15, 0.2) is 67.5 Å². The first-order valence-corrected chi connectivity index (χ1v) is 9.79. The average molecular weight is 486 g/mol. The first-order chi connectivity index (χ1) is 14.8. The Hall–Kier alpha value is -3.79. The average Bonchev–Trinajstić information content (AvgIpc) is 2.74. The maximum absolute atomic E-state index is 12.4. The van der Waals surface area contributed by atoms with Crippen molar-refractivity contribution in [1.29, 1.82) is 0 Å².